The van der Waals surface area contributed by atoms with E-state index in [2.05, 4.69) is 30.3 Å². The fourth-order valence-electron chi connectivity index (χ4n) is 2.86. The second kappa shape index (κ2) is 4.49. The van der Waals surface area contributed by atoms with Crippen LogP contribution in [0.15, 0.2) is 42.5 Å². The van der Waals surface area contributed by atoms with E-state index >= 15 is 0 Å². The summed E-state index contributed by atoms with van der Waals surface area (Å²) in [5.74, 6) is 0.970. The van der Waals surface area contributed by atoms with E-state index in [4.69, 9.17) is 0 Å². The predicted octanol–water partition coefficient (Wildman–Crippen LogP) is 3.97. The number of phenols is 1. The lowest BCUT2D eigenvalue weighted by Gasteiger charge is -2.25. The van der Waals surface area contributed by atoms with Gasteiger partial charge in [0.05, 0.1) is 0 Å². The maximum absolute atomic E-state index is 9.83. The van der Waals surface area contributed by atoms with E-state index in [0.717, 1.165) is 18.4 Å². The molecule has 1 nitrogen and oxygen atoms in total. The van der Waals surface area contributed by atoms with Gasteiger partial charge in [-0.25, -0.2) is 0 Å². The molecule has 1 N–H and O–H groups in total. The molecule has 0 aromatic heterocycles. The van der Waals surface area contributed by atoms with Crippen LogP contribution in [0.3, 0.4) is 0 Å². The monoisotopic (exact) mass is 238 g/mol. The molecule has 0 aliphatic heterocycles. The van der Waals surface area contributed by atoms with Crippen LogP contribution in [-0.2, 0) is 12.8 Å². The summed E-state index contributed by atoms with van der Waals surface area (Å²) in [5.41, 5.74) is 5.18. The zero-order chi connectivity index (χ0) is 12.5. The van der Waals surface area contributed by atoms with E-state index < -0.39 is 0 Å². The van der Waals surface area contributed by atoms with Crippen molar-refractivity contribution >= 4 is 0 Å². The largest absolute Gasteiger partial charge is 0.508 e. The Morgan fingerprint density at radius 2 is 1.83 bits per heavy atom. The molecule has 0 saturated heterocycles. The molecule has 92 valence electrons. The van der Waals surface area contributed by atoms with E-state index in [1.165, 1.54) is 23.1 Å². The summed E-state index contributed by atoms with van der Waals surface area (Å²) in [5, 5.41) is 9.83. The third-order valence-electron chi connectivity index (χ3n) is 4.05. The number of hydrogen-bond donors (Lipinski definition) is 1. The van der Waals surface area contributed by atoms with E-state index in [0.29, 0.717) is 11.7 Å². The number of benzene rings is 2. The highest BCUT2D eigenvalue weighted by molar-refractivity contribution is 5.39. The van der Waals surface area contributed by atoms with Gasteiger partial charge in [-0.1, -0.05) is 36.4 Å². The van der Waals surface area contributed by atoms with Crippen molar-refractivity contribution in [3.63, 3.8) is 0 Å². The molecule has 1 heteroatoms. The van der Waals surface area contributed by atoms with Gasteiger partial charge in [0.25, 0.3) is 0 Å². The quantitative estimate of drug-likeness (QED) is 0.797. The molecule has 0 bridgehead atoms. The summed E-state index contributed by atoms with van der Waals surface area (Å²) in [6, 6.07) is 14.8. The molecule has 18 heavy (non-hydrogen) atoms. The van der Waals surface area contributed by atoms with Crippen molar-refractivity contribution in [2.45, 2.75) is 32.1 Å². The van der Waals surface area contributed by atoms with Gasteiger partial charge >= 0.3 is 0 Å². The maximum Gasteiger partial charge on any atom is 0.118 e. The highest BCUT2D eigenvalue weighted by Gasteiger charge is 2.20. The van der Waals surface area contributed by atoms with Crippen molar-refractivity contribution in [2.24, 2.45) is 0 Å². The maximum atomic E-state index is 9.83. The highest BCUT2D eigenvalue weighted by Crippen LogP contribution is 2.34. The number of aromatic hydroxyl groups is 1. The summed E-state index contributed by atoms with van der Waals surface area (Å²) < 4.78 is 0. The molecule has 1 aliphatic carbocycles. The van der Waals surface area contributed by atoms with Crippen molar-refractivity contribution < 1.29 is 5.11 Å². The van der Waals surface area contributed by atoms with Gasteiger partial charge in [-0.15, -0.1) is 0 Å². The Kier molecular flexibility index (Phi) is 2.83. The van der Waals surface area contributed by atoms with E-state index in [9.17, 15) is 5.11 Å². The summed E-state index contributed by atoms with van der Waals surface area (Å²) in [6.07, 6.45) is 3.42. The molecule has 0 spiro atoms. The topological polar surface area (TPSA) is 20.2 Å². The Labute approximate surface area is 108 Å². The normalized spacial score (nSPS) is 18.4. The lowest BCUT2D eigenvalue weighted by atomic mass is 9.80. The molecule has 1 atom stereocenters. The summed E-state index contributed by atoms with van der Waals surface area (Å²) in [6.45, 7) is 1.94. The average molecular weight is 238 g/mol. The van der Waals surface area contributed by atoms with Crippen LogP contribution in [0.5, 0.6) is 5.75 Å². The number of phenolic OH excluding ortho intramolecular Hbond substituents is 1. The predicted molar refractivity (Wildman–Crippen MR) is 74.1 cm³/mol. The SMILES string of the molecule is Cc1ccc(C2CCc3ccccc3C2)cc1O. The van der Waals surface area contributed by atoms with Crippen LogP contribution in [-0.4, -0.2) is 5.11 Å². The molecule has 0 amide bonds. The standard InChI is InChI=1S/C17H18O/c1-12-6-7-16(11-17(12)18)15-9-8-13-4-2-3-5-14(13)10-15/h2-7,11,15,18H,8-10H2,1H3. The second-order valence-electron chi connectivity index (χ2n) is 5.25. The Balaban J connectivity index is 1.89. The molecule has 2 aromatic rings. The Bertz CT molecular complexity index is 572. The van der Waals surface area contributed by atoms with E-state index in [1.54, 1.807) is 0 Å². The zero-order valence-corrected chi connectivity index (χ0v) is 10.7. The summed E-state index contributed by atoms with van der Waals surface area (Å²) in [7, 11) is 0. The van der Waals surface area contributed by atoms with Crippen LogP contribution in [0.1, 0.15) is 34.6 Å². The first-order chi connectivity index (χ1) is 8.74. The van der Waals surface area contributed by atoms with Crippen LogP contribution in [0.25, 0.3) is 0 Å². The van der Waals surface area contributed by atoms with Crippen molar-refractivity contribution in [3.05, 3.63) is 64.7 Å². The lowest BCUT2D eigenvalue weighted by molar-refractivity contribution is 0.468. The van der Waals surface area contributed by atoms with Crippen molar-refractivity contribution in [3.8, 4) is 5.75 Å². The van der Waals surface area contributed by atoms with E-state index in [-0.39, 0.29) is 0 Å². The molecule has 0 saturated carbocycles. The minimum absolute atomic E-state index is 0.423. The molecule has 1 aliphatic rings. The lowest BCUT2D eigenvalue weighted by Crippen LogP contribution is -2.12. The van der Waals surface area contributed by atoms with Crippen LogP contribution in [0.4, 0.5) is 0 Å². The third kappa shape index (κ3) is 2.01. The van der Waals surface area contributed by atoms with E-state index in [1.807, 2.05) is 19.1 Å². The summed E-state index contributed by atoms with van der Waals surface area (Å²) >= 11 is 0. The van der Waals surface area contributed by atoms with Gasteiger partial charge in [0.1, 0.15) is 5.75 Å². The first-order valence-corrected chi connectivity index (χ1v) is 6.60. The van der Waals surface area contributed by atoms with Gasteiger partial charge in [-0.3, -0.25) is 0 Å². The third-order valence-corrected chi connectivity index (χ3v) is 4.05. The highest BCUT2D eigenvalue weighted by atomic mass is 16.3. The average Bonchev–Trinajstić information content (AvgIpc) is 2.41. The Morgan fingerprint density at radius 3 is 2.61 bits per heavy atom. The first kappa shape index (κ1) is 11.3. The molecular weight excluding hydrogens is 220 g/mol. The molecule has 2 aromatic carbocycles. The number of fused-ring (bicyclic) bond motifs is 1. The molecule has 1 unspecified atom stereocenters. The van der Waals surface area contributed by atoms with Gasteiger partial charge in [-0.2, -0.15) is 0 Å². The fraction of sp³-hybridized carbons (Fsp3) is 0.294. The number of hydrogen-bond acceptors (Lipinski definition) is 1. The second-order valence-corrected chi connectivity index (χ2v) is 5.25. The van der Waals surface area contributed by atoms with Gasteiger partial charge in [0.15, 0.2) is 0 Å². The van der Waals surface area contributed by atoms with Gasteiger partial charge in [0.2, 0.25) is 0 Å². The number of aryl methyl sites for hydroxylation is 2. The number of rotatable bonds is 1. The fourth-order valence-corrected chi connectivity index (χ4v) is 2.86. The minimum Gasteiger partial charge on any atom is -0.508 e. The Hall–Kier alpha value is -1.76. The molecule has 3 rings (SSSR count). The minimum atomic E-state index is 0.423. The van der Waals surface area contributed by atoms with Crippen molar-refractivity contribution in [2.75, 3.05) is 0 Å². The van der Waals surface area contributed by atoms with Crippen LogP contribution in [0, 0.1) is 6.92 Å². The molecule has 0 fully saturated rings. The summed E-state index contributed by atoms with van der Waals surface area (Å²) in [4.78, 5) is 0. The van der Waals surface area contributed by atoms with Crippen molar-refractivity contribution in [1.29, 1.82) is 0 Å². The van der Waals surface area contributed by atoms with Crippen LogP contribution < -0.4 is 0 Å². The zero-order valence-electron chi connectivity index (χ0n) is 10.7. The van der Waals surface area contributed by atoms with Crippen LogP contribution >= 0.6 is 0 Å². The van der Waals surface area contributed by atoms with Crippen LogP contribution in [0.2, 0.25) is 0 Å². The first-order valence-electron chi connectivity index (χ1n) is 6.60. The van der Waals surface area contributed by atoms with Gasteiger partial charge in [-0.05, 0) is 60.4 Å². The van der Waals surface area contributed by atoms with Gasteiger partial charge < -0.3 is 5.11 Å². The Morgan fingerprint density at radius 1 is 1.06 bits per heavy atom. The molecule has 0 radical (unpaired) electrons. The molecule has 0 heterocycles. The van der Waals surface area contributed by atoms with Gasteiger partial charge in [0, 0.05) is 0 Å². The van der Waals surface area contributed by atoms with Crippen molar-refractivity contribution in [1.82, 2.24) is 0 Å². The smallest absolute Gasteiger partial charge is 0.118 e. The molecular formula is C17H18O.